The van der Waals surface area contributed by atoms with Crippen LogP contribution in [0.1, 0.15) is 22.8 Å². The Bertz CT molecular complexity index is 429. The minimum absolute atomic E-state index is 0.243. The molecule has 5 heteroatoms. The van der Waals surface area contributed by atoms with E-state index in [1.165, 1.54) is 14.2 Å². The number of carbonyl (C=O) groups is 1. The van der Waals surface area contributed by atoms with Crippen molar-refractivity contribution in [3.8, 4) is 17.2 Å². The van der Waals surface area contributed by atoms with Gasteiger partial charge in [0.25, 0.3) is 5.91 Å². The summed E-state index contributed by atoms with van der Waals surface area (Å²) in [4.78, 5) is 11.4. The highest BCUT2D eigenvalue weighted by Crippen LogP contribution is 2.39. The first-order valence-electron chi connectivity index (χ1n) is 5.22. The van der Waals surface area contributed by atoms with Gasteiger partial charge in [-0.2, -0.15) is 0 Å². The molecule has 0 heterocycles. The number of benzene rings is 1. The maximum atomic E-state index is 11.4. The molecular formula is C12H17NO4. The van der Waals surface area contributed by atoms with Crippen molar-refractivity contribution >= 4 is 5.91 Å². The Morgan fingerprint density at radius 3 is 2.12 bits per heavy atom. The largest absolute Gasteiger partial charge is 0.496 e. The van der Waals surface area contributed by atoms with Gasteiger partial charge in [0.15, 0.2) is 0 Å². The lowest BCUT2D eigenvalue weighted by Crippen LogP contribution is -2.15. The van der Waals surface area contributed by atoms with Gasteiger partial charge in [0.1, 0.15) is 22.8 Å². The van der Waals surface area contributed by atoms with E-state index in [1.807, 2.05) is 6.92 Å². The van der Waals surface area contributed by atoms with E-state index in [4.69, 9.17) is 19.9 Å². The monoisotopic (exact) mass is 239 g/mol. The molecular weight excluding hydrogens is 222 g/mol. The lowest BCUT2D eigenvalue weighted by molar-refractivity contribution is 0.0994. The third kappa shape index (κ3) is 2.27. The zero-order chi connectivity index (χ0) is 13.0. The van der Waals surface area contributed by atoms with Crippen LogP contribution in [0.2, 0.25) is 0 Å². The molecule has 0 spiro atoms. The van der Waals surface area contributed by atoms with E-state index in [0.717, 1.165) is 5.56 Å². The topological polar surface area (TPSA) is 70.8 Å². The molecule has 0 aliphatic rings. The lowest BCUT2D eigenvalue weighted by Gasteiger charge is -2.17. The van der Waals surface area contributed by atoms with Crippen LogP contribution in [0.15, 0.2) is 6.07 Å². The van der Waals surface area contributed by atoms with Crippen LogP contribution in [0.3, 0.4) is 0 Å². The quantitative estimate of drug-likeness (QED) is 0.842. The van der Waals surface area contributed by atoms with E-state index in [9.17, 15) is 4.79 Å². The van der Waals surface area contributed by atoms with Crippen LogP contribution in [0, 0.1) is 0 Å². The predicted octanol–water partition coefficient (Wildman–Crippen LogP) is 1.37. The smallest absolute Gasteiger partial charge is 0.256 e. The van der Waals surface area contributed by atoms with E-state index < -0.39 is 5.91 Å². The molecule has 0 saturated carbocycles. The SMILES string of the molecule is CCc1c(OC)cc(OC)c(C(N)=O)c1OC. The van der Waals surface area contributed by atoms with Gasteiger partial charge in [-0.15, -0.1) is 0 Å². The summed E-state index contributed by atoms with van der Waals surface area (Å²) in [6.07, 6.45) is 0.663. The molecule has 0 aliphatic heterocycles. The number of ether oxygens (including phenoxy) is 3. The van der Waals surface area contributed by atoms with Gasteiger partial charge >= 0.3 is 0 Å². The number of hydrogen-bond donors (Lipinski definition) is 1. The van der Waals surface area contributed by atoms with Crippen molar-refractivity contribution in [3.05, 3.63) is 17.2 Å². The lowest BCUT2D eigenvalue weighted by atomic mass is 10.0. The first kappa shape index (κ1) is 13.2. The number of hydrogen-bond acceptors (Lipinski definition) is 4. The molecule has 0 bridgehead atoms. The molecule has 0 atom stereocenters. The molecule has 1 aromatic carbocycles. The van der Waals surface area contributed by atoms with E-state index in [2.05, 4.69) is 0 Å². The summed E-state index contributed by atoms with van der Waals surface area (Å²) in [5.74, 6) is 0.793. The fourth-order valence-electron chi connectivity index (χ4n) is 1.79. The molecule has 0 radical (unpaired) electrons. The van der Waals surface area contributed by atoms with Crippen molar-refractivity contribution in [1.82, 2.24) is 0 Å². The first-order valence-corrected chi connectivity index (χ1v) is 5.22. The summed E-state index contributed by atoms with van der Waals surface area (Å²) in [5, 5.41) is 0. The van der Waals surface area contributed by atoms with Crippen molar-refractivity contribution < 1.29 is 19.0 Å². The minimum Gasteiger partial charge on any atom is -0.496 e. The van der Waals surface area contributed by atoms with Gasteiger partial charge < -0.3 is 19.9 Å². The van der Waals surface area contributed by atoms with Gasteiger partial charge in [-0.3, -0.25) is 4.79 Å². The molecule has 1 rings (SSSR count). The Kier molecular flexibility index (Phi) is 4.20. The summed E-state index contributed by atoms with van der Waals surface area (Å²) in [6, 6.07) is 1.64. The molecule has 0 saturated heterocycles. The van der Waals surface area contributed by atoms with Crippen molar-refractivity contribution in [2.45, 2.75) is 13.3 Å². The predicted molar refractivity (Wildman–Crippen MR) is 64.0 cm³/mol. The molecule has 5 nitrogen and oxygen atoms in total. The number of nitrogens with two attached hydrogens (primary N) is 1. The molecule has 0 fully saturated rings. The molecule has 0 aliphatic carbocycles. The van der Waals surface area contributed by atoms with Crippen LogP contribution in [0.25, 0.3) is 0 Å². The molecule has 0 aromatic heterocycles. The van der Waals surface area contributed by atoms with Crippen LogP contribution >= 0.6 is 0 Å². The van der Waals surface area contributed by atoms with Crippen LogP contribution < -0.4 is 19.9 Å². The molecule has 1 amide bonds. The summed E-state index contributed by atoms with van der Waals surface area (Å²) < 4.78 is 15.6. The third-order valence-electron chi connectivity index (χ3n) is 2.55. The van der Waals surface area contributed by atoms with Gasteiger partial charge in [0.05, 0.1) is 21.3 Å². The van der Waals surface area contributed by atoms with Crippen LogP contribution in [-0.4, -0.2) is 27.2 Å². The van der Waals surface area contributed by atoms with Crippen molar-refractivity contribution in [2.24, 2.45) is 5.73 Å². The maximum absolute atomic E-state index is 11.4. The minimum atomic E-state index is -0.587. The molecule has 94 valence electrons. The van der Waals surface area contributed by atoms with Crippen molar-refractivity contribution in [3.63, 3.8) is 0 Å². The van der Waals surface area contributed by atoms with Gasteiger partial charge in [-0.05, 0) is 6.42 Å². The number of carbonyl (C=O) groups excluding carboxylic acids is 1. The van der Waals surface area contributed by atoms with Crippen molar-refractivity contribution in [2.75, 3.05) is 21.3 Å². The number of primary amides is 1. The van der Waals surface area contributed by atoms with Crippen LogP contribution in [-0.2, 0) is 6.42 Å². The van der Waals surface area contributed by atoms with E-state index in [1.54, 1.807) is 13.2 Å². The maximum Gasteiger partial charge on any atom is 0.256 e. The Morgan fingerprint density at radius 2 is 1.76 bits per heavy atom. The normalized spacial score (nSPS) is 9.88. The van der Waals surface area contributed by atoms with Crippen LogP contribution in [0.5, 0.6) is 17.2 Å². The summed E-state index contributed by atoms with van der Waals surface area (Å²) in [7, 11) is 4.50. The van der Waals surface area contributed by atoms with Crippen LogP contribution in [0.4, 0.5) is 0 Å². The Balaban J connectivity index is 3.61. The number of methoxy groups -OCH3 is 3. The summed E-state index contributed by atoms with van der Waals surface area (Å²) in [6.45, 7) is 1.94. The Labute approximate surface area is 100 Å². The molecule has 2 N–H and O–H groups in total. The third-order valence-corrected chi connectivity index (χ3v) is 2.55. The highest BCUT2D eigenvalue weighted by molar-refractivity contribution is 5.99. The number of rotatable bonds is 5. The first-order chi connectivity index (χ1) is 8.10. The second-order valence-corrected chi connectivity index (χ2v) is 3.39. The highest BCUT2D eigenvalue weighted by Gasteiger charge is 2.22. The molecule has 0 unspecified atom stereocenters. The second kappa shape index (κ2) is 5.43. The fourth-order valence-corrected chi connectivity index (χ4v) is 1.79. The Morgan fingerprint density at radius 1 is 1.18 bits per heavy atom. The van der Waals surface area contributed by atoms with Crippen molar-refractivity contribution in [1.29, 1.82) is 0 Å². The van der Waals surface area contributed by atoms with E-state index >= 15 is 0 Å². The fraction of sp³-hybridized carbons (Fsp3) is 0.417. The summed E-state index contributed by atoms with van der Waals surface area (Å²) in [5.41, 5.74) is 6.38. The Hall–Kier alpha value is -1.91. The van der Waals surface area contributed by atoms with E-state index in [0.29, 0.717) is 23.7 Å². The van der Waals surface area contributed by atoms with E-state index in [-0.39, 0.29) is 5.56 Å². The average molecular weight is 239 g/mol. The highest BCUT2D eigenvalue weighted by atomic mass is 16.5. The summed E-state index contributed by atoms with van der Waals surface area (Å²) >= 11 is 0. The van der Waals surface area contributed by atoms with Gasteiger partial charge in [-0.1, -0.05) is 6.92 Å². The van der Waals surface area contributed by atoms with Gasteiger partial charge in [-0.25, -0.2) is 0 Å². The molecule has 17 heavy (non-hydrogen) atoms. The second-order valence-electron chi connectivity index (χ2n) is 3.39. The average Bonchev–Trinajstić information content (AvgIpc) is 2.35. The zero-order valence-electron chi connectivity index (χ0n) is 10.5. The standard InChI is InChI=1S/C12H17NO4/c1-5-7-8(15-2)6-9(16-3)10(12(13)14)11(7)17-4/h6H,5H2,1-4H3,(H2,13,14). The zero-order valence-corrected chi connectivity index (χ0v) is 10.5. The molecule has 1 aromatic rings. The number of amides is 1. The van der Waals surface area contributed by atoms with Gasteiger partial charge in [0, 0.05) is 11.6 Å². The van der Waals surface area contributed by atoms with Gasteiger partial charge in [0.2, 0.25) is 0 Å².